The molecule has 1 saturated heterocycles. The first-order valence-electron chi connectivity index (χ1n) is 11.4. The van der Waals surface area contributed by atoms with Gasteiger partial charge in [-0.05, 0) is 76.3 Å². The van der Waals surface area contributed by atoms with Crippen LogP contribution in [0.3, 0.4) is 0 Å². The van der Waals surface area contributed by atoms with Gasteiger partial charge in [-0.25, -0.2) is 4.39 Å². The number of nitrogens with one attached hydrogen (secondary N) is 1. The molecule has 0 unspecified atom stereocenters. The maximum absolute atomic E-state index is 13.5. The third kappa shape index (κ3) is 5.38. The molecule has 0 atom stereocenters. The third-order valence-electron chi connectivity index (χ3n) is 6.02. The van der Waals surface area contributed by atoms with E-state index < -0.39 is 0 Å². The molecule has 1 aromatic carbocycles. The van der Waals surface area contributed by atoms with Crippen molar-refractivity contribution in [2.45, 2.75) is 66.6 Å². The van der Waals surface area contributed by atoms with Crippen molar-refractivity contribution >= 4 is 11.4 Å². The Labute approximate surface area is 186 Å². The van der Waals surface area contributed by atoms with Crippen LogP contribution in [0, 0.1) is 18.7 Å². The molecule has 168 valence electrons. The molecule has 1 aliphatic rings. The van der Waals surface area contributed by atoms with Crippen molar-refractivity contribution in [2.24, 2.45) is 10.9 Å². The van der Waals surface area contributed by atoms with Gasteiger partial charge in [0.2, 0.25) is 0 Å². The number of pyridine rings is 1. The SMILES string of the molecule is C=C(c1cc(NCc2ccc(F)cc2C)c(=NC(C)C)n(C(C)C)c1)N1CC(CC)C1. The Bertz CT molecular complexity index is 997. The first-order chi connectivity index (χ1) is 14.7. The van der Waals surface area contributed by atoms with E-state index in [1.165, 1.54) is 12.5 Å². The average Bonchev–Trinajstić information content (AvgIpc) is 2.66. The molecule has 1 aliphatic heterocycles. The molecule has 0 aliphatic carbocycles. The molecular formula is C26H37FN4. The average molecular weight is 425 g/mol. The molecule has 1 N–H and O–H groups in total. The predicted octanol–water partition coefficient (Wildman–Crippen LogP) is 5.75. The van der Waals surface area contributed by atoms with Crippen LogP contribution in [0.4, 0.5) is 10.1 Å². The number of hydrogen-bond acceptors (Lipinski definition) is 3. The molecule has 2 aromatic rings. The van der Waals surface area contributed by atoms with Crippen molar-refractivity contribution < 1.29 is 4.39 Å². The van der Waals surface area contributed by atoms with Crippen LogP contribution in [0.2, 0.25) is 0 Å². The van der Waals surface area contributed by atoms with E-state index in [-0.39, 0.29) is 17.9 Å². The Balaban J connectivity index is 1.99. The van der Waals surface area contributed by atoms with Gasteiger partial charge in [-0.1, -0.05) is 19.6 Å². The number of anilines is 1. The lowest BCUT2D eigenvalue weighted by molar-refractivity contribution is 0.170. The maximum atomic E-state index is 13.5. The monoisotopic (exact) mass is 424 g/mol. The first-order valence-corrected chi connectivity index (χ1v) is 11.4. The van der Waals surface area contributed by atoms with Gasteiger partial charge in [0.15, 0.2) is 5.49 Å². The summed E-state index contributed by atoms with van der Waals surface area (Å²) in [6.07, 6.45) is 3.40. The van der Waals surface area contributed by atoms with E-state index in [0.717, 1.165) is 52.6 Å². The van der Waals surface area contributed by atoms with Gasteiger partial charge >= 0.3 is 0 Å². The molecule has 0 saturated carbocycles. The molecule has 5 heteroatoms. The molecule has 0 radical (unpaired) electrons. The summed E-state index contributed by atoms with van der Waals surface area (Å²) in [7, 11) is 0. The zero-order chi connectivity index (χ0) is 22.7. The number of halogens is 1. The molecule has 0 amide bonds. The number of aromatic nitrogens is 1. The Kier molecular flexibility index (Phi) is 7.24. The lowest BCUT2D eigenvalue weighted by atomic mass is 9.95. The van der Waals surface area contributed by atoms with Crippen LogP contribution in [0.25, 0.3) is 5.70 Å². The first kappa shape index (κ1) is 23.1. The number of aryl methyl sites for hydroxylation is 1. The second-order valence-electron chi connectivity index (χ2n) is 9.24. The largest absolute Gasteiger partial charge is 0.378 e. The van der Waals surface area contributed by atoms with E-state index >= 15 is 0 Å². The molecule has 1 fully saturated rings. The zero-order valence-electron chi connectivity index (χ0n) is 19.9. The summed E-state index contributed by atoms with van der Waals surface area (Å²) in [4.78, 5) is 7.29. The van der Waals surface area contributed by atoms with Gasteiger partial charge in [0.1, 0.15) is 5.82 Å². The topological polar surface area (TPSA) is 32.6 Å². The number of likely N-dealkylation sites (tertiary alicyclic amines) is 1. The molecule has 4 nitrogen and oxygen atoms in total. The molecule has 1 aromatic heterocycles. The molecular weight excluding hydrogens is 387 g/mol. The zero-order valence-corrected chi connectivity index (χ0v) is 19.9. The Morgan fingerprint density at radius 2 is 1.94 bits per heavy atom. The molecule has 0 spiro atoms. The number of hydrogen-bond donors (Lipinski definition) is 1. The Hall–Kier alpha value is -2.56. The van der Waals surface area contributed by atoms with Gasteiger partial charge < -0.3 is 14.8 Å². The highest BCUT2D eigenvalue weighted by Crippen LogP contribution is 2.29. The minimum absolute atomic E-state index is 0.174. The van der Waals surface area contributed by atoms with Gasteiger partial charge in [-0.3, -0.25) is 4.99 Å². The predicted molar refractivity (Wildman–Crippen MR) is 128 cm³/mol. The number of nitrogens with zero attached hydrogens (tertiary/aromatic N) is 3. The second kappa shape index (κ2) is 9.71. The lowest BCUT2D eigenvalue weighted by Gasteiger charge is -2.42. The van der Waals surface area contributed by atoms with Crippen molar-refractivity contribution in [1.29, 1.82) is 0 Å². The normalized spacial score (nSPS) is 15.0. The minimum Gasteiger partial charge on any atom is -0.378 e. The lowest BCUT2D eigenvalue weighted by Crippen LogP contribution is -2.44. The van der Waals surface area contributed by atoms with Crippen molar-refractivity contribution in [3.63, 3.8) is 0 Å². The van der Waals surface area contributed by atoms with E-state index in [1.807, 2.05) is 13.0 Å². The molecule has 3 rings (SSSR count). The smallest absolute Gasteiger partial charge is 0.151 e. The van der Waals surface area contributed by atoms with E-state index in [9.17, 15) is 4.39 Å². The summed E-state index contributed by atoms with van der Waals surface area (Å²) in [5.41, 5.74) is 6.12. The van der Waals surface area contributed by atoms with Crippen LogP contribution >= 0.6 is 0 Å². The van der Waals surface area contributed by atoms with Crippen molar-refractivity contribution in [1.82, 2.24) is 9.47 Å². The highest BCUT2D eigenvalue weighted by molar-refractivity contribution is 5.65. The van der Waals surface area contributed by atoms with E-state index in [4.69, 9.17) is 4.99 Å². The van der Waals surface area contributed by atoms with Crippen LogP contribution in [0.15, 0.2) is 42.0 Å². The fourth-order valence-corrected chi connectivity index (χ4v) is 3.95. The van der Waals surface area contributed by atoms with E-state index in [1.54, 1.807) is 6.07 Å². The van der Waals surface area contributed by atoms with Crippen LogP contribution in [-0.4, -0.2) is 28.6 Å². The summed E-state index contributed by atoms with van der Waals surface area (Å²) < 4.78 is 15.8. The summed E-state index contributed by atoms with van der Waals surface area (Å²) in [5.74, 6) is 0.566. The fourth-order valence-electron chi connectivity index (χ4n) is 3.95. The minimum atomic E-state index is -0.201. The van der Waals surface area contributed by atoms with Crippen molar-refractivity contribution in [3.05, 3.63) is 65.0 Å². The second-order valence-corrected chi connectivity index (χ2v) is 9.24. The van der Waals surface area contributed by atoms with Crippen LogP contribution in [0.1, 0.15) is 63.8 Å². The van der Waals surface area contributed by atoms with Crippen LogP contribution in [-0.2, 0) is 6.54 Å². The number of rotatable bonds is 8. The van der Waals surface area contributed by atoms with E-state index in [0.29, 0.717) is 6.54 Å². The quantitative estimate of drug-likeness (QED) is 0.585. The van der Waals surface area contributed by atoms with Gasteiger partial charge in [-0.15, -0.1) is 0 Å². The third-order valence-corrected chi connectivity index (χ3v) is 6.02. The van der Waals surface area contributed by atoms with Gasteiger partial charge in [-0.2, -0.15) is 0 Å². The highest BCUT2D eigenvalue weighted by Gasteiger charge is 2.27. The van der Waals surface area contributed by atoms with Crippen LogP contribution in [0.5, 0.6) is 0 Å². The molecule has 31 heavy (non-hydrogen) atoms. The molecule has 0 bridgehead atoms. The standard InChI is InChI=1S/C26H37FN4/c1-8-21-14-30(15-21)20(7)23-12-25(26(29-17(2)3)31(16-23)18(4)5)28-13-22-9-10-24(27)11-19(22)6/h9-12,16-18,21,28H,7-8,13-15H2,1-6H3. The van der Waals surface area contributed by atoms with E-state index in [2.05, 4.69) is 68.2 Å². The van der Waals surface area contributed by atoms with Gasteiger partial charge in [0.25, 0.3) is 0 Å². The fraction of sp³-hybridized carbons (Fsp3) is 0.500. The summed E-state index contributed by atoms with van der Waals surface area (Å²) in [6.45, 7) is 19.9. The van der Waals surface area contributed by atoms with Crippen LogP contribution < -0.4 is 10.8 Å². The van der Waals surface area contributed by atoms with Crippen molar-refractivity contribution in [2.75, 3.05) is 18.4 Å². The van der Waals surface area contributed by atoms with Gasteiger partial charge in [0.05, 0.1) is 5.69 Å². The highest BCUT2D eigenvalue weighted by atomic mass is 19.1. The Morgan fingerprint density at radius 3 is 2.52 bits per heavy atom. The molecule has 2 heterocycles. The maximum Gasteiger partial charge on any atom is 0.151 e. The Morgan fingerprint density at radius 1 is 1.23 bits per heavy atom. The summed E-state index contributed by atoms with van der Waals surface area (Å²) >= 11 is 0. The summed E-state index contributed by atoms with van der Waals surface area (Å²) in [5, 5.41) is 3.58. The van der Waals surface area contributed by atoms with Gasteiger partial charge in [0, 0.05) is 49.2 Å². The number of benzene rings is 1. The van der Waals surface area contributed by atoms with Crippen molar-refractivity contribution in [3.8, 4) is 0 Å². The summed E-state index contributed by atoms with van der Waals surface area (Å²) in [6, 6.07) is 7.55.